The lowest BCUT2D eigenvalue weighted by Crippen LogP contribution is -2.44. The van der Waals surface area contributed by atoms with Crippen LogP contribution in [0.25, 0.3) is 0 Å². The van der Waals surface area contributed by atoms with Crippen LogP contribution < -0.4 is 11.3 Å². The molecule has 2 atom stereocenters. The second-order valence-electron chi connectivity index (χ2n) is 4.85. The van der Waals surface area contributed by atoms with E-state index in [-0.39, 0.29) is 17.9 Å². The van der Waals surface area contributed by atoms with Crippen molar-refractivity contribution < 1.29 is 9.53 Å². The van der Waals surface area contributed by atoms with Crippen LogP contribution in [0.3, 0.4) is 0 Å². The van der Waals surface area contributed by atoms with Gasteiger partial charge in [-0.1, -0.05) is 28.1 Å². The molecule has 1 amide bonds. The Morgan fingerprint density at radius 2 is 2.37 bits per heavy atom. The largest absolute Gasteiger partial charge is 0.377 e. The van der Waals surface area contributed by atoms with Gasteiger partial charge in [0, 0.05) is 11.1 Å². The molecular weight excluding hydrogens is 308 g/mol. The highest BCUT2D eigenvalue weighted by Crippen LogP contribution is 2.24. The van der Waals surface area contributed by atoms with Crippen LogP contribution in [0.1, 0.15) is 24.8 Å². The lowest BCUT2D eigenvalue weighted by molar-refractivity contribution is -0.132. The second kappa shape index (κ2) is 7.03. The van der Waals surface area contributed by atoms with E-state index >= 15 is 0 Å². The normalized spacial score (nSPS) is 20.8. The summed E-state index contributed by atoms with van der Waals surface area (Å²) in [6, 6.07) is 7.99. The van der Waals surface area contributed by atoms with Crippen molar-refractivity contribution in [1.29, 1.82) is 0 Å². The van der Waals surface area contributed by atoms with Crippen LogP contribution in [0.2, 0.25) is 0 Å². The number of rotatable bonds is 4. The third-order valence-corrected chi connectivity index (χ3v) is 3.98. The molecule has 0 radical (unpaired) electrons. The number of hydrazine groups is 1. The van der Waals surface area contributed by atoms with E-state index in [0.29, 0.717) is 6.42 Å². The summed E-state index contributed by atoms with van der Waals surface area (Å²) < 4.78 is 6.75. The molecule has 0 aromatic heterocycles. The van der Waals surface area contributed by atoms with Gasteiger partial charge in [-0.15, -0.1) is 0 Å². The van der Waals surface area contributed by atoms with Crippen LogP contribution in [-0.2, 0) is 16.0 Å². The van der Waals surface area contributed by atoms with Crippen molar-refractivity contribution in [3.8, 4) is 0 Å². The summed E-state index contributed by atoms with van der Waals surface area (Å²) in [5, 5.41) is 0. The monoisotopic (exact) mass is 326 g/mol. The van der Waals surface area contributed by atoms with E-state index in [1.807, 2.05) is 24.3 Å². The molecule has 19 heavy (non-hydrogen) atoms. The minimum Gasteiger partial charge on any atom is -0.377 e. The van der Waals surface area contributed by atoms with Gasteiger partial charge in [0.05, 0.1) is 12.0 Å². The van der Waals surface area contributed by atoms with Crippen LogP contribution in [0.15, 0.2) is 28.7 Å². The molecule has 1 heterocycles. The maximum absolute atomic E-state index is 12.0. The highest BCUT2D eigenvalue weighted by atomic mass is 79.9. The second-order valence-corrected chi connectivity index (χ2v) is 5.77. The Labute approximate surface area is 121 Å². The maximum Gasteiger partial charge on any atom is 0.239 e. The number of hydrogen-bond donors (Lipinski definition) is 2. The number of carbonyl (C=O) groups is 1. The van der Waals surface area contributed by atoms with E-state index < -0.39 is 0 Å². The minimum absolute atomic E-state index is 0.0312. The fraction of sp³-hybridized carbons (Fsp3) is 0.500. The average Bonchev–Trinajstić information content (AvgIpc) is 2.45. The zero-order valence-electron chi connectivity index (χ0n) is 10.8. The molecule has 1 aliphatic heterocycles. The van der Waals surface area contributed by atoms with Gasteiger partial charge in [0.2, 0.25) is 5.91 Å². The van der Waals surface area contributed by atoms with E-state index in [0.717, 1.165) is 35.9 Å². The molecule has 0 bridgehead atoms. The minimum atomic E-state index is -0.223. The number of benzene rings is 1. The first-order chi connectivity index (χ1) is 9.20. The smallest absolute Gasteiger partial charge is 0.239 e. The topological polar surface area (TPSA) is 64.3 Å². The van der Waals surface area contributed by atoms with Gasteiger partial charge in [-0.3, -0.25) is 10.2 Å². The Balaban J connectivity index is 2.11. The molecule has 1 fully saturated rings. The van der Waals surface area contributed by atoms with E-state index in [4.69, 9.17) is 10.6 Å². The van der Waals surface area contributed by atoms with E-state index in [9.17, 15) is 4.79 Å². The van der Waals surface area contributed by atoms with Crippen LogP contribution in [-0.4, -0.2) is 18.6 Å². The van der Waals surface area contributed by atoms with Gasteiger partial charge in [-0.25, -0.2) is 5.84 Å². The molecule has 1 aromatic carbocycles. The van der Waals surface area contributed by atoms with Crippen molar-refractivity contribution >= 4 is 21.8 Å². The first-order valence-electron chi connectivity index (χ1n) is 6.57. The summed E-state index contributed by atoms with van der Waals surface area (Å²) in [5.41, 5.74) is 3.38. The highest BCUT2D eigenvalue weighted by molar-refractivity contribution is 9.10. The summed E-state index contributed by atoms with van der Waals surface area (Å²) in [6.45, 7) is 0.734. The molecule has 1 aliphatic rings. The Morgan fingerprint density at radius 1 is 1.53 bits per heavy atom. The fourth-order valence-electron chi connectivity index (χ4n) is 2.50. The van der Waals surface area contributed by atoms with Crippen molar-refractivity contribution in [1.82, 2.24) is 5.43 Å². The van der Waals surface area contributed by atoms with Gasteiger partial charge in [0.15, 0.2) is 0 Å². The number of halogens is 1. The lowest BCUT2D eigenvalue weighted by atomic mass is 9.89. The van der Waals surface area contributed by atoms with Gasteiger partial charge < -0.3 is 4.74 Å². The van der Waals surface area contributed by atoms with Crippen LogP contribution in [0.5, 0.6) is 0 Å². The SMILES string of the molecule is NNC(=O)C(Cc1cccc(Br)c1)C1CCCCO1. The third-order valence-electron chi connectivity index (χ3n) is 3.49. The Morgan fingerprint density at radius 3 is 3.00 bits per heavy atom. The van der Waals surface area contributed by atoms with Crippen molar-refractivity contribution in [2.45, 2.75) is 31.8 Å². The predicted octanol–water partition coefficient (Wildman–Crippen LogP) is 2.17. The number of carbonyl (C=O) groups excluding carboxylic acids is 1. The van der Waals surface area contributed by atoms with Crippen LogP contribution >= 0.6 is 15.9 Å². The molecule has 0 aliphatic carbocycles. The third kappa shape index (κ3) is 4.03. The van der Waals surface area contributed by atoms with Crippen LogP contribution in [0, 0.1) is 5.92 Å². The Hall–Kier alpha value is -0.910. The first-order valence-corrected chi connectivity index (χ1v) is 7.36. The van der Waals surface area contributed by atoms with Crippen molar-refractivity contribution in [3.05, 3.63) is 34.3 Å². The van der Waals surface area contributed by atoms with Gasteiger partial charge in [-0.05, 0) is 43.4 Å². The number of hydrogen-bond acceptors (Lipinski definition) is 3. The van der Waals surface area contributed by atoms with Crippen LogP contribution in [0.4, 0.5) is 0 Å². The average molecular weight is 327 g/mol. The molecule has 4 nitrogen and oxygen atoms in total. The zero-order valence-corrected chi connectivity index (χ0v) is 12.4. The molecule has 104 valence electrons. The highest BCUT2D eigenvalue weighted by Gasteiger charge is 2.30. The lowest BCUT2D eigenvalue weighted by Gasteiger charge is -2.29. The molecule has 1 aromatic rings. The van der Waals surface area contributed by atoms with Crippen molar-refractivity contribution in [2.75, 3.05) is 6.61 Å². The standard InChI is InChI=1S/C14H19BrN2O2/c15-11-5-3-4-10(8-11)9-12(14(18)17-16)13-6-1-2-7-19-13/h3-5,8,12-13H,1-2,6-7,9,16H2,(H,17,18). The molecule has 0 saturated carbocycles. The van der Waals surface area contributed by atoms with Gasteiger partial charge in [-0.2, -0.15) is 0 Å². The molecule has 1 saturated heterocycles. The number of amides is 1. The molecular formula is C14H19BrN2O2. The number of ether oxygens (including phenoxy) is 1. The van der Waals surface area contributed by atoms with Gasteiger partial charge >= 0.3 is 0 Å². The Bertz CT molecular complexity index is 433. The predicted molar refractivity (Wildman–Crippen MR) is 77.3 cm³/mol. The summed E-state index contributed by atoms with van der Waals surface area (Å²) in [6.07, 6.45) is 3.72. The van der Waals surface area contributed by atoms with E-state index in [1.165, 1.54) is 0 Å². The quantitative estimate of drug-likeness (QED) is 0.506. The number of nitrogens with one attached hydrogen (secondary N) is 1. The zero-order chi connectivity index (χ0) is 13.7. The van der Waals surface area contributed by atoms with Gasteiger partial charge in [0.1, 0.15) is 0 Å². The molecule has 2 unspecified atom stereocenters. The van der Waals surface area contributed by atoms with Crippen molar-refractivity contribution in [3.63, 3.8) is 0 Å². The maximum atomic E-state index is 12.0. The van der Waals surface area contributed by atoms with Gasteiger partial charge in [0.25, 0.3) is 0 Å². The summed E-state index contributed by atoms with van der Waals surface area (Å²) in [7, 11) is 0. The molecule has 3 N–H and O–H groups in total. The first kappa shape index (κ1) is 14.5. The number of nitrogens with two attached hydrogens (primary N) is 1. The summed E-state index contributed by atoms with van der Waals surface area (Å²) in [4.78, 5) is 12.0. The van der Waals surface area contributed by atoms with E-state index in [2.05, 4.69) is 21.4 Å². The fourth-order valence-corrected chi connectivity index (χ4v) is 2.95. The molecule has 0 spiro atoms. The summed E-state index contributed by atoms with van der Waals surface area (Å²) in [5.74, 6) is 4.93. The molecule has 2 rings (SSSR count). The Kier molecular flexibility index (Phi) is 5.36. The van der Waals surface area contributed by atoms with Crippen molar-refractivity contribution in [2.24, 2.45) is 11.8 Å². The molecule has 5 heteroatoms. The summed E-state index contributed by atoms with van der Waals surface area (Å²) >= 11 is 3.45. The van der Waals surface area contributed by atoms with E-state index in [1.54, 1.807) is 0 Å².